The minimum absolute atomic E-state index is 0.143. The van der Waals surface area contributed by atoms with Crippen LogP contribution in [-0.4, -0.2) is 16.5 Å². The highest BCUT2D eigenvalue weighted by molar-refractivity contribution is 14.1. The number of benzene rings is 1. The first-order valence-electron chi connectivity index (χ1n) is 6.62. The first-order chi connectivity index (χ1) is 10.0. The topological polar surface area (TPSA) is 59.3 Å². The van der Waals surface area contributed by atoms with Gasteiger partial charge >= 0.3 is 0 Å². The number of rotatable bonds is 5. The number of nitrogens with zero attached hydrogens (tertiary/aromatic N) is 3. The summed E-state index contributed by atoms with van der Waals surface area (Å²) in [7, 11) is 0. The van der Waals surface area contributed by atoms with E-state index in [1.807, 2.05) is 53.8 Å². The molecule has 110 valence electrons. The van der Waals surface area contributed by atoms with Crippen molar-refractivity contribution < 1.29 is 4.92 Å². The molecule has 6 heteroatoms. The molecule has 1 aromatic heterocycles. The van der Waals surface area contributed by atoms with Crippen molar-refractivity contribution in [2.75, 3.05) is 11.4 Å². The highest BCUT2D eigenvalue weighted by Gasteiger charge is 2.14. The molecule has 0 aliphatic heterocycles. The Hall–Kier alpha value is -1.70. The fourth-order valence-electron chi connectivity index (χ4n) is 2.11. The second-order valence-electron chi connectivity index (χ2n) is 4.68. The van der Waals surface area contributed by atoms with Crippen molar-refractivity contribution in [1.82, 2.24) is 4.98 Å². The van der Waals surface area contributed by atoms with Crippen LogP contribution < -0.4 is 4.90 Å². The Morgan fingerprint density at radius 2 is 2.10 bits per heavy atom. The van der Waals surface area contributed by atoms with Crippen LogP contribution in [0.1, 0.15) is 18.3 Å². The number of nitro groups is 1. The number of aryl methyl sites for hydroxylation is 1. The van der Waals surface area contributed by atoms with Gasteiger partial charge in [0.25, 0.3) is 5.69 Å². The third-order valence-electron chi connectivity index (χ3n) is 3.17. The number of anilines is 1. The molecule has 0 aliphatic rings. The fraction of sp³-hybridized carbons (Fsp3) is 0.267. The molecule has 0 spiro atoms. The van der Waals surface area contributed by atoms with Crippen molar-refractivity contribution in [2.45, 2.75) is 20.4 Å². The third-order valence-corrected chi connectivity index (χ3v) is 4.04. The Morgan fingerprint density at radius 1 is 1.33 bits per heavy atom. The van der Waals surface area contributed by atoms with E-state index in [9.17, 15) is 10.1 Å². The van der Waals surface area contributed by atoms with Gasteiger partial charge in [0.2, 0.25) is 0 Å². The van der Waals surface area contributed by atoms with Gasteiger partial charge in [-0.25, -0.2) is 0 Å². The van der Waals surface area contributed by atoms with Gasteiger partial charge in [-0.3, -0.25) is 15.1 Å². The van der Waals surface area contributed by atoms with Crippen LogP contribution >= 0.6 is 22.6 Å². The molecular weight excluding hydrogens is 381 g/mol. The molecule has 5 nitrogen and oxygen atoms in total. The van der Waals surface area contributed by atoms with Crippen molar-refractivity contribution in [2.24, 2.45) is 0 Å². The van der Waals surface area contributed by atoms with Crippen molar-refractivity contribution >= 4 is 34.0 Å². The smallest absolute Gasteiger partial charge is 0.282 e. The summed E-state index contributed by atoms with van der Waals surface area (Å²) in [6.07, 6.45) is 0. The maximum atomic E-state index is 10.9. The number of pyridine rings is 1. The summed E-state index contributed by atoms with van der Waals surface area (Å²) < 4.78 is 0.644. The van der Waals surface area contributed by atoms with E-state index in [2.05, 4.69) is 16.8 Å². The van der Waals surface area contributed by atoms with Crippen LogP contribution in [0.25, 0.3) is 0 Å². The molecule has 0 saturated carbocycles. The summed E-state index contributed by atoms with van der Waals surface area (Å²) >= 11 is 2.00. The molecular formula is C15H16IN3O2. The van der Waals surface area contributed by atoms with Crippen LogP contribution in [-0.2, 0) is 6.54 Å². The van der Waals surface area contributed by atoms with Gasteiger partial charge in [-0.1, -0.05) is 6.07 Å². The van der Waals surface area contributed by atoms with Crippen LogP contribution in [0.4, 0.5) is 11.4 Å². The van der Waals surface area contributed by atoms with Crippen molar-refractivity contribution in [3.8, 4) is 0 Å². The zero-order valence-electron chi connectivity index (χ0n) is 11.9. The summed E-state index contributed by atoms with van der Waals surface area (Å²) in [5.74, 6) is 0. The van der Waals surface area contributed by atoms with Gasteiger partial charge in [0.15, 0.2) is 0 Å². The summed E-state index contributed by atoms with van der Waals surface area (Å²) in [6, 6.07) is 11.1. The van der Waals surface area contributed by atoms with Gasteiger partial charge in [-0.2, -0.15) is 0 Å². The Bertz CT molecular complexity index is 661. The number of hydrogen-bond donors (Lipinski definition) is 0. The number of hydrogen-bond acceptors (Lipinski definition) is 4. The zero-order chi connectivity index (χ0) is 15.4. The second kappa shape index (κ2) is 6.84. The van der Waals surface area contributed by atoms with E-state index in [0.717, 1.165) is 23.6 Å². The van der Waals surface area contributed by atoms with Crippen LogP contribution in [0.5, 0.6) is 0 Å². The molecule has 0 amide bonds. The van der Waals surface area contributed by atoms with Gasteiger partial charge in [-0.05, 0) is 60.7 Å². The van der Waals surface area contributed by atoms with Crippen molar-refractivity contribution in [3.05, 3.63) is 61.5 Å². The third kappa shape index (κ3) is 3.90. The fourth-order valence-corrected chi connectivity index (χ4v) is 2.81. The van der Waals surface area contributed by atoms with E-state index >= 15 is 0 Å². The lowest BCUT2D eigenvalue weighted by Crippen LogP contribution is -2.22. The summed E-state index contributed by atoms with van der Waals surface area (Å²) in [5, 5.41) is 10.9. The highest BCUT2D eigenvalue weighted by atomic mass is 127. The van der Waals surface area contributed by atoms with E-state index < -0.39 is 0 Å². The maximum Gasteiger partial charge on any atom is 0.282 e. The first kappa shape index (κ1) is 15.7. The first-order valence-corrected chi connectivity index (χ1v) is 7.70. The lowest BCUT2D eigenvalue weighted by molar-refractivity contribution is -0.385. The quantitative estimate of drug-likeness (QED) is 0.436. The SMILES string of the molecule is CCN(Cc1cccc(C)n1)c1ccc([N+](=O)[O-])c(I)c1. The second-order valence-corrected chi connectivity index (χ2v) is 5.84. The molecule has 0 fully saturated rings. The van der Waals surface area contributed by atoms with E-state index in [-0.39, 0.29) is 10.6 Å². The van der Waals surface area contributed by atoms with Crippen LogP contribution in [0.3, 0.4) is 0 Å². The maximum absolute atomic E-state index is 10.9. The number of halogens is 1. The molecule has 2 rings (SSSR count). The standard InChI is InChI=1S/C15H16IN3O2/c1-3-18(10-12-6-4-5-11(2)17-12)13-7-8-15(19(20)21)14(16)9-13/h4-9H,3,10H2,1-2H3. The van der Waals surface area contributed by atoms with Crippen molar-refractivity contribution in [1.29, 1.82) is 0 Å². The largest absolute Gasteiger partial charge is 0.366 e. The molecule has 2 aromatic rings. The molecule has 0 radical (unpaired) electrons. The Morgan fingerprint density at radius 3 is 2.67 bits per heavy atom. The normalized spacial score (nSPS) is 10.4. The minimum Gasteiger partial charge on any atom is -0.366 e. The van der Waals surface area contributed by atoms with Gasteiger partial charge < -0.3 is 4.90 Å². The average Bonchev–Trinajstić information content (AvgIpc) is 2.44. The Kier molecular flexibility index (Phi) is 5.11. The highest BCUT2D eigenvalue weighted by Crippen LogP contribution is 2.27. The predicted molar refractivity (Wildman–Crippen MR) is 91.5 cm³/mol. The molecule has 0 unspecified atom stereocenters. The molecule has 0 saturated heterocycles. The molecule has 1 aromatic carbocycles. The van der Waals surface area contributed by atoms with Crippen LogP contribution in [0, 0.1) is 20.6 Å². The summed E-state index contributed by atoms with van der Waals surface area (Å²) in [6.45, 7) is 5.52. The molecule has 0 aliphatic carbocycles. The molecule has 0 bridgehead atoms. The molecule has 0 N–H and O–H groups in total. The van der Waals surface area contributed by atoms with E-state index in [1.165, 1.54) is 0 Å². The summed E-state index contributed by atoms with van der Waals surface area (Å²) in [4.78, 5) is 17.2. The van der Waals surface area contributed by atoms with E-state index in [1.54, 1.807) is 12.1 Å². The van der Waals surface area contributed by atoms with Gasteiger partial charge in [0, 0.05) is 24.0 Å². The average molecular weight is 397 g/mol. The predicted octanol–water partition coefficient (Wildman–Crippen LogP) is 3.93. The minimum atomic E-state index is -0.357. The van der Waals surface area contributed by atoms with Crippen molar-refractivity contribution in [3.63, 3.8) is 0 Å². The van der Waals surface area contributed by atoms with Crippen LogP contribution in [0.15, 0.2) is 36.4 Å². The molecule has 21 heavy (non-hydrogen) atoms. The Balaban J connectivity index is 2.25. The van der Waals surface area contributed by atoms with E-state index in [4.69, 9.17) is 0 Å². The monoisotopic (exact) mass is 397 g/mol. The van der Waals surface area contributed by atoms with Gasteiger partial charge in [0.05, 0.1) is 20.7 Å². The lowest BCUT2D eigenvalue weighted by atomic mass is 10.2. The lowest BCUT2D eigenvalue weighted by Gasteiger charge is -2.23. The van der Waals surface area contributed by atoms with E-state index in [0.29, 0.717) is 10.1 Å². The zero-order valence-corrected chi connectivity index (χ0v) is 14.1. The number of aromatic nitrogens is 1. The molecule has 1 heterocycles. The molecule has 0 atom stereocenters. The van der Waals surface area contributed by atoms with Gasteiger partial charge in [-0.15, -0.1) is 0 Å². The van der Waals surface area contributed by atoms with Crippen LogP contribution in [0.2, 0.25) is 0 Å². The number of nitro benzene ring substituents is 1. The van der Waals surface area contributed by atoms with Gasteiger partial charge in [0.1, 0.15) is 0 Å². The summed E-state index contributed by atoms with van der Waals surface area (Å²) in [5.41, 5.74) is 3.09. The Labute approximate surface area is 137 Å².